The molecule has 0 bridgehead atoms. The van der Waals surface area contributed by atoms with Crippen molar-refractivity contribution in [1.29, 1.82) is 0 Å². The average molecular weight is 355 g/mol. The Morgan fingerprint density at radius 1 is 1.04 bits per heavy atom. The molecule has 1 saturated carbocycles. The van der Waals surface area contributed by atoms with Gasteiger partial charge in [0, 0.05) is 6.20 Å². The topological polar surface area (TPSA) is 22.1 Å². The third-order valence-electron chi connectivity index (χ3n) is 5.59. The summed E-state index contributed by atoms with van der Waals surface area (Å²) >= 11 is 0. The van der Waals surface area contributed by atoms with Gasteiger partial charge in [0.1, 0.15) is 5.75 Å². The molecule has 3 heteroatoms. The highest BCUT2D eigenvalue weighted by atomic mass is 19.1. The van der Waals surface area contributed by atoms with E-state index in [0.717, 1.165) is 36.7 Å². The van der Waals surface area contributed by atoms with Crippen molar-refractivity contribution < 1.29 is 9.13 Å². The Hall–Kier alpha value is -1.90. The van der Waals surface area contributed by atoms with E-state index in [1.54, 1.807) is 6.20 Å². The van der Waals surface area contributed by atoms with Crippen LogP contribution >= 0.6 is 0 Å². The van der Waals surface area contributed by atoms with Crippen molar-refractivity contribution in [3.05, 3.63) is 59.7 Å². The third kappa shape index (κ3) is 5.55. The van der Waals surface area contributed by atoms with E-state index in [1.165, 1.54) is 50.2 Å². The molecule has 1 aliphatic rings. The molecule has 1 aliphatic carbocycles. The van der Waals surface area contributed by atoms with Crippen LogP contribution in [0.3, 0.4) is 0 Å². The lowest BCUT2D eigenvalue weighted by Crippen LogP contribution is -2.14. The number of nitrogens with zero attached hydrogens (tertiary/aromatic N) is 1. The zero-order valence-corrected chi connectivity index (χ0v) is 15.8. The highest BCUT2D eigenvalue weighted by molar-refractivity contribution is 5.29. The van der Waals surface area contributed by atoms with Gasteiger partial charge in [-0.25, -0.2) is 4.98 Å². The number of unbranched alkanes of at least 4 members (excludes halogenated alkanes) is 1. The number of rotatable bonds is 8. The van der Waals surface area contributed by atoms with Gasteiger partial charge in [0.05, 0.1) is 6.61 Å². The van der Waals surface area contributed by atoms with Crippen LogP contribution in [0.5, 0.6) is 5.75 Å². The SMILES string of the molecule is CCCCOc1ccc(C2CCC(CCc3ccc(F)nc3)CC2)cc1. The minimum Gasteiger partial charge on any atom is -0.494 e. The van der Waals surface area contributed by atoms with Gasteiger partial charge in [0.25, 0.3) is 0 Å². The fourth-order valence-electron chi connectivity index (χ4n) is 3.88. The number of halogens is 1. The monoisotopic (exact) mass is 355 g/mol. The molecule has 1 aromatic carbocycles. The maximum Gasteiger partial charge on any atom is 0.212 e. The first-order valence-corrected chi connectivity index (χ1v) is 10.1. The molecule has 0 radical (unpaired) electrons. The highest BCUT2D eigenvalue weighted by Crippen LogP contribution is 2.37. The zero-order chi connectivity index (χ0) is 18.2. The van der Waals surface area contributed by atoms with Crippen LogP contribution in [0.25, 0.3) is 0 Å². The Morgan fingerprint density at radius 3 is 2.46 bits per heavy atom. The van der Waals surface area contributed by atoms with Crippen molar-refractivity contribution >= 4 is 0 Å². The Bertz CT molecular complexity index is 645. The van der Waals surface area contributed by atoms with Crippen molar-refractivity contribution in [2.24, 2.45) is 5.92 Å². The summed E-state index contributed by atoms with van der Waals surface area (Å²) < 4.78 is 18.6. The minimum absolute atomic E-state index is 0.393. The van der Waals surface area contributed by atoms with E-state index in [9.17, 15) is 4.39 Å². The quantitative estimate of drug-likeness (QED) is 0.409. The number of ether oxygens (including phenoxy) is 1. The summed E-state index contributed by atoms with van der Waals surface area (Å²) in [7, 11) is 0. The van der Waals surface area contributed by atoms with Gasteiger partial charge in [-0.15, -0.1) is 0 Å². The van der Waals surface area contributed by atoms with Gasteiger partial charge >= 0.3 is 0 Å². The zero-order valence-electron chi connectivity index (χ0n) is 15.8. The largest absolute Gasteiger partial charge is 0.494 e. The Morgan fingerprint density at radius 2 is 1.81 bits per heavy atom. The van der Waals surface area contributed by atoms with Crippen LogP contribution in [0.1, 0.15) is 68.9 Å². The molecule has 26 heavy (non-hydrogen) atoms. The van der Waals surface area contributed by atoms with Gasteiger partial charge in [-0.1, -0.05) is 31.5 Å². The molecule has 1 aromatic heterocycles. The Kier molecular flexibility index (Phi) is 7.04. The summed E-state index contributed by atoms with van der Waals surface area (Å²) in [5.74, 6) is 2.07. The van der Waals surface area contributed by atoms with E-state index in [0.29, 0.717) is 5.92 Å². The van der Waals surface area contributed by atoms with Crippen LogP contribution in [0, 0.1) is 11.9 Å². The van der Waals surface area contributed by atoms with Crippen LogP contribution in [-0.4, -0.2) is 11.6 Å². The molecule has 1 heterocycles. The fraction of sp³-hybridized carbons (Fsp3) is 0.522. The lowest BCUT2D eigenvalue weighted by Gasteiger charge is -2.29. The first-order valence-electron chi connectivity index (χ1n) is 10.1. The maximum atomic E-state index is 12.9. The van der Waals surface area contributed by atoms with Crippen LogP contribution in [-0.2, 0) is 6.42 Å². The molecule has 0 N–H and O–H groups in total. The van der Waals surface area contributed by atoms with E-state index >= 15 is 0 Å². The standard InChI is InChI=1S/C23H30FNO/c1-2-3-16-26-22-13-11-21(12-14-22)20-9-6-18(7-10-20)4-5-19-8-15-23(24)25-17-19/h8,11-15,17-18,20H,2-7,9-10,16H2,1H3. The number of pyridine rings is 1. The normalized spacial score (nSPS) is 20.1. The number of hydrogen-bond donors (Lipinski definition) is 0. The molecule has 3 rings (SSSR count). The fourth-order valence-corrected chi connectivity index (χ4v) is 3.88. The van der Waals surface area contributed by atoms with Gasteiger partial charge in [-0.2, -0.15) is 4.39 Å². The van der Waals surface area contributed by atoms with Crippen molar-refractivity contribution in [3.63, 3.8) is 0 Å². The summed E-state index contributed by atoms with van der Waals surface area (Å²) in [6.07, 6.45) is 11.2. The van der Waals surface area contributed by atoms with E-state index < -0.39 is 5.95 Å². The van der Waals surface area contributed by atoms with E-state index in [-0.39, 0.29) is 0 Å². The lowest BCUT2D eigenvalue weighted by molar-refractivity contribution is 0.305. The van der Waals surface area contributed by atoms with Crippen molar-refractivity contribution in [2.45, 2.75) is 64.2 Å². The first kappa shape index (κ1) is 18.9. The van der Waals surface area contributed by atoms with Gasteiger partial charge in [0.15, 0.2) is 0 Å². The molecular weight excluding hydrogens is 325 g/mol. The molecule has 0 atom stereocenters. The second-order valence-electron chi connectivity index (χ2n) is 7.52. The van der Waals surface area contributed by atoms with Crippen LogP contribution in [0.4, 0.5) is 4.39 Å². The van der Waals surface area contributed by atoms with E-state index in [1.807, 2.05) is 6.07 Å². The summed E-state index contributed by atoms with van der Waals surface area (Å²) in [6.45, 7) is 2.99. The van der Waals surface area contributed by atoms with E-state index in [2.05, 4.69) is 36.2 Å². The number of aryl methyl sites for hydroxylation is 1. The molecule has 2 nitrogen and oxygen atoms in total. The first-order chi connectivity index (χ1) is 12.7. The van der Waals surface area contributed by atoms with Crippen molar-refractivity contribution in [2.75, 3.05) is 6.61 Å². The van der Waals surface area contributed by atoms with Crippen LogP contribution in [0.15, 0.2) is 42.6 Å². The molecule has 2 aromatic rings. The van der Waals surface area contributed by atoms with Crippen molar-refractivity contribution in [3.8, 4) is 5.75 Å². The van der Waals surface area contributed by atoms with Gasteiger partial charge in [-0.3, -0.25) is 0 Å². The molecule has 0 aliphatic heterocycles. The molecule has 0 amide bonds. The average Bonchev–Trinajstić information content (AvgIpc) is 2.69. The number of aromatic nitrogens is 1. The van der Waals surface area contributed by atoms with Crippen LogP contribution < -0.4 is 4.74 Å². The summed E-state index contributed by atoms with van der Waals surface area (Å²) in [6, 6.07) is 12.1. The maximum absolute atomic E-state index is 12.9. The predicted molar refractivity (Wildman–Crippen MR) is 104 cm³/mol. The Labute approximate surface area is 156 Å². The molecule has 0 unspecified atom stereocenters. The summed E-state index contributed by atoms with van der Waals surface area (Å²) in [5, 5.41) is 0. The summed E-state index contributed by atoms with van der Waals surface area (Å²) in [5.41, 5.74) is 2.60. The second kappa shape index (κ2) is 9.70. The summed E-state index contributed by atoms with van der Waals surface area (Å²) in [4.78, 5) is 3.75. The van der Waals surface area contributed by atoms with Gasteiger partial charge < -0.3 is 4.74 Å². The minimum atomic E-state index is -0.393. The van der Waals surface area contributed by atoms with Crippen molar-refractivity contribution in [1.82, 2.24) is 4.98 Å². The molecule has 0 saturated heterocycles. The van der Waals surface area contributed by atoms with E-state index in [4.69, 9.17) is 4.74 Å². The number of hydrogen-bond acceptors (Lipinski definition) is 2. The molecule has 0 spiro atoms. The van der Waals surface area contributed by atoms with Gasteiger partial charge in [0.2, 0.25) is 5.95 Å². The highest BCUT2D eigenvalue weighted by Gasteiger charge is 2.22. The predicted octanol–water partition coefficient (Wildman–Crippen LogP) is 6.31. The smallest absolute Gasteiger partial charge is 0.212 e. The third-order valence-corrected chi connectivity index (χ3v) is 5.59. The molecular formula is C23H30FNO. The Balaban J connectivity index is 1.42. The molecule has 1 fully saturated rings. The number of benzene rings is 1. The molecule has 140 valence electrons. The van der Waals surface area contributed by atoms with Gasteiger partial charge in [-0.05, 0) is 86.1 Å². The van der Waals surface area contributed by atoms with Crippen LogP contribution in [0.2, 0.25) is 0 Å². The lowest BCUT2D eigenvalue weighted by atomic mass is 9.77. The second-order valence-corrected chi connectivity index (χ2v) is 7.52.